The van der Waals surface area contributed by atoms with Crippen molar-refractivity contribution in [3.05, 3.63) is 180 Å². The van der Waals surface area contributed by atoms with Crippen LogP contribution in [-0.2, 0) is 0 Å². The van der Waals surface area contributed by atoms with E-state index < -0.39 is 0 Å². The summed E-state index contributed by atoms with van der Waals surface area (Å²) < 4.78 is 6.33. The zero-order valence-corrected chi connectivity index (χ0v) is 28.5. The van der Waals surface area contributed by atoms with Gasteiger partial charge < -0.3 is 4.42 Å². The van der Waals surface area contributed by atoms with Gasteiger partial charge in [-0.1, -0.05) is 169 Å². The molecule has 0 radical (unpaired) electrons. The first kappa shape index (κ1) is 29.9. The molecule has 1 aromatic heterocycles. The van der Waals surface area contributed by atoms with Crippen molar-refractivity contribution in [2.75, 3.05) is 0 Å². The molecule has 0 aliphatic carbocycles. The minimum Gasteiger partial charge on any atom is -0.455 e. The molecule has 10 rings (SSSR count). The van der Waals surface area contributed by atoms with Gasteiger partial charge in [-0.2, -0.15) is 0 Å². The van der Waals surface area contributed by atoms with E-state index in [-0.39, 0.29) is 0 Å². The Bertz CT molecular complexity index is 2820. The zero-order valence-electron chi connectivity index (χ0n) is 28.5. The predicted molar refractivity (Wildman–Crippen MR) is 214 cm³/mol. The normalized spacial score (nSPS) is 11.5. The molecule has 0 saturated heterocycles. The second-order valence-corrected chi connectivity index (χ2v) is 13.5. The molecule has 0 saturated carbocycles. The molecule has 0 aliphatic heterocycles. The van der Waals surface area contributed by atoms with Crippen molar-refractivity contribution in [1.82, 2.24) is 0 Å². The lowest BCUT2D eigenvalue weighted by Crippen LogP contribution is -1.91. The first-order chi connectivity index (χ1) is 24.5. The zero-order chi connectivity index (χ0) is 33.8. The molecule has 0 amide bonds. The molecule has 50 heavy (non-hydrogen) atoms. The second-order valence-electron chi connectivity index (χ2n) is 13.5. The highest BCUT2D eigenvalue weighted by molar-refractivity contribution is 6.27. The van der Waals surface area contributed by atoms with Crippen molar-refractivity contribution in [2.45, 2.75) is 20.8 Å². The van der Waals surface area contributed by atoms with E-state index in [0.29, 0.717) is 0 Å². The molecule has 0 fully saturated rings. The van der Waals surface area contributed by atoms with E-state index in [4.69, 9.17) is 4.42 Å². The van der Waals surface area contributed by atoms with Gasteiger partial charge in [-0.3, -0.25) is 0 Å². The van der Waals surface area contributed by atoms with E-state index in [0.717, 1.165) is 33.1 Å². The molecule has 238 valence electrons. The van der Waals surface area contributed by atoms with Crippen LogP contribution in [0.25, 0.3) is 87.6 Å². The topological polar surface area (TPSA) is 13.1 Å². The number of furan rings is 1. The van der Waals surface area contributed by atoms with E-state index in [1.54, 1.807) is 0 Å². The molecular weight excluding hydrogens is 605 g/mol. The molecule has 9 aromatic carbocycles. The fourth-order valence-corrected chi connectivity index (χ4v) is 7.74. The number of fused-ring (bicyclic) bond motifs is 3. The molecule has 1 heterocycles. The van der Waals surface area contributed by atoms with Gasteiger partial charge in [-0.25, -0.2) is 0 Å². The molecule has 1 nitrogen and oxygen atoms in total. The molecule has 1 heteroatoms. The Labute approximate surface area is 292 Å². The molecule has 0 bridgehead atoms. The Morgan fingerprint density at radius 3 is 1.62 bits per heavy atom. The number of hydrogen-bond acceptors (Lipinski definition) is 1. The van der Waals surface area contributed by atoms with Crippen molar-refractivity contribution in [1.29, 1.82) is 0 Å². The standard InChI is InChI=1S/C42H28O.C7H8/c1-25-10-19-31(26(2)24-25)34-21-16-30-17-22-36-32(20-15-29-18-23-37(34)41(30)40(29)36)27-11-13-28(14-12-27)33-7-5-8-38-35-6-3-4-9-39(35)43-42(33)38;1-7-5-3-2-4-6-7/h3-24H,1-2H3;2-6H,1H3. The number of benzene rings is 9. The molecule has 0 spiro atoms. The summed E-state index contributed by atoms with van der Waals surface area (Å²) in [7, 11) is 0. The van der Waals surface area contributed by atoms with Gasteiger partial charge in [-0.15, -0.1) is 0 Å². The third-order valence-corrected chi connectivity index (χ3v) is 10.2. The van der Waals surface area contributed by atoms with Gasteiger partial charge in [0.1, 0.15) is 11.2 Å². The minimum absolute atomic E-state index is 0.927. The fourth-order valence-electron chi connectivity index (χ4n) is 7.74. The van der Waals surface area contributed by atoms with Crippen molar-refractivity contribution in [3.63, 3.8) is 0 Å². The van der Waals surface area contributed by atoms with E-state index in [1.165, 1.54) is 71.3 Å². The fraction of sp³-hybridized carbons (Fsp3) is 0.0612. The number of hydrogen-bond donors (Lipinski definition) is 0. The lowest BCUT2D eigenvalue weighted by Gasteiger charge is -2.17. The third-order valence-electron chi connectivity index (χ3n) is 10.2. The summed E-state index contributed by atoms with van der Waals surface area (Å²) in [6.07, 6.45) is 0. The van der Waals surface area contributed by atoms with Crippen LogP contribution in [0, 0.1) is 20.8 Å². The summed E-state index contributed by atoms with van der Waals surface area (Å²) >= 11 is 0. The van der Waals surface area contributed by atoms with Crippen LogP contribution < -0.4 is 0 Å². The highest BCUT2D eigenvalue weighted by Crippen LogP contribution is 2.43. The predicted octanol–water partition coefficient (Wildman–Crippen LogP) is 14.1. The average molecular weight is 641 g/mol. The Kier molecular flexibility index (Phi) is 7.21. The highest BCUT2D eigenvalue weighted by Gasteiger charge is 2.16. The first-order valence-electron chi connectivity index (χ1n) is 17.3. The molecule has 0 N–H and O–H groups in total. The largest absolute Gasteiger partial charge is 0.455 e. The number of para-hydroxylation sites is 2. The van der Waals surface area contributed by atoms with Crippen molar-refractivity contribution in [3.8, 4) is 33.4 Å². The van der Waals surface area contributed by atoms with Crippen LogP contribution in [0.15, 0.2) is 168 Å². The highest BCUT2D eigenvalue weighted by atomic mass is 16.3. The van der Waals surface area contributed by atoms with Crippen LogP contribution in [-0.4, -0.2) is 0 Å². The summed E-state index contributed by atoms with van der Waals surface area (Å²) in [4.78, 5) is 0. The molecule has 0 aliphatic rings. The molecule has 0 unspecified atom stereocenters. The summed E-state index contributed by atoms with van der Waals surface area (Å²) in [5.41, 5.74) is 13.2. The maximum Gasteiger partial charge on any atom is 0.143 e. The Balaban J connectivity index is 0.000000432. The first-order valence-corrected chi connectivity index (χ1v) is 17.3. The van der Waals surface area contributed by atoms with Crippen LogP contribution in [0.1, 0.15) is 16.7 Å². The lowest BCUT2D eigenvalue weighted by atomic mass is 9.86. The van der Waals surface area contributed by atoms with Gasteiger partial charge in [0.05, 0.1) is 0 Å². The molecule has 0 atom stereocenters. The maximum atomic E-state index is 6.33. The second kappa shape index (κ2) is 12.1. The van der Waals surface area contributed by atoms with E-state index >= 15 is 0 Å². The van der Waals surface area contributed by atoms with Gasteiger partial charge >= 0.3 is 0 Å². The monoisotopic (exact) mass is 640 g/mol. The quantitative estimate of drug-likeness (QED) is 0.175. The number of aryl methyl sites for hydroxylation is 3. The van der Waals surface area contributed by atoms with Gasteiger partial charge in [0.15, 0.2) is 0 Å². The summed E-state index contributed by atoms with van der Waals surface area (Å²) in [5.74, 6) is 0. The minimum atomic E-state index is 0.927. The van der Waals surface area contributed by atoms with Gasteiger partial charge in [0.2, 0.25) is 0 Å². The van der Waals surface area contributed by atoms with E-state index in [9.17, 15) is 0 Å². The summed E-state index contributed by atoms with van der Waals surface area (Å²) in [6, 6.07) is 59.0. The molecule has 10 aromatic rings. The smallest absolute Gasteiger partial charge is 0.143 e. The lowest BCUT2D eigenvalue weighted by molar-refractivity contribution is 0.670. The molecular formula is C49H36O. The third kappa shape index (κ3) is 5.02. The Hall–Kier alpha value is -6.18. The Morgan fingerprint density at radius 2 is 0.940 bits per heavy atom. The maximum absolute atomic E-state index is 6.33. The van der Waals surface area contributed by atoms with Crippen molar-refractivity contribution >= 4 is 54.3 Å². The van der Waals surface area contributed by atoms with Crippen LogP contribution in [0.5, 0.6) is 0 Å². The SMILES string of the molecule is Cc1ccc(-c2ccc3ccc4c(-c5ccc(-c6cccc7c6oc6ccccc67)cc5)ccc5ccc2c3c54)c(C)c1.Cc1ccccc1. The summed E-state index contributed by atoms with van der Waals surface area (Å²) in [5, 5.41) is 10.2. The summed E-state index contributed by atoms with van der Waals surface area (Å²) in [6.45, 7) is 6.46. The van der Waals surface area contributed by atoms with Crippen LogP contribution in [0.2, 0.25) is 0 Å². The number of rotatable bonds is 3. The van der Waals surface area contributed by atoms with Crippen molar-refractivity contribution in [2.24, 2.45) is 0 Å². The van der Waals surface area contributed by atoms with Crippen LogP contribution >= 0.6 is 0 Å². The van der Waals surface area contributed by atoms with E-state index in [1.807, 2.05) is 30.3 Å². The van der Waals surface area contributed by atoms with Crippen molar-refractivity contribution < 1.29 is 4.42 Å². The van der Waals surface area contributed by atoms with E-state index in [2.05, 4.69) is 154 Å². The van der Waals surface area contributed by atoms with Gasteiger partial charge in [-0.05, 0) is 92.5 Å². The van der Waals surface area contributed by atoms with Crippen LogP contribution in [0.4, 0.5) is 0 Å². The van der Waals surface area contributed by atoms with Gasteiger partial charge in [0, 0.05) is 16.3 Å². The Morgan fingerprint density at radius 1 is 0.360 bits per heavy atom. The average Bonchev–Trinajstić information content (AvgIpc) is 3.54. The van der Waals surface area contributed by atoms with Crippen LogP contribution in [0.3, 0.4) is 0 Å². The van der Waals surface area contributed by atoms with Gasteiger partial charge in [0.25, 0.3) is 0 Å².